The molecule has 2 amide bonds. The predicted octanol–water partition coefficient (Wildman–Crippen LogP) is 2.26. The van der Waals surface area contributed by atoms with Crippen molar-refractivity contribution in [3.05, 3.63) is 58.5 Å². The van der Waals surface area contributed by atoms with E-state index in [1.54, 1.807) is 26.2 Å². The third-order valence-corrected chi connectivity index (χ3v) is 6.14. The van der Waals surface area contributed by atoms with Crippen LogP contribution in [0.1, 0.15) is 46.0 Å². The van der Waals surface area contributed by atoms with Gasteiger partial charge in [-0.3, -0.25) is 14.4 Å². The highest BCUT2D eigenvalue weighted by molar-refractivity contribution is 6.23. The average molecular weight is 502 g/mol. The van der Waals surface area contributed by atoms with Gasteiger partial charge in [0.25, 0.3) is 5.91 Å². The summed E-state index contributed by atoms with van der Waals surface area (Å²) in [6.07, 6.45) is 7.99. The van der Waals surface area contributed by atoms with E-state index < -0.39 is 35.8 Å². The highest BCUT2D eigenvalue weighted by Gasteiger charge is 2.28. The number of rotatable bonds is 3. The van der Waals surface area contributed by atoms with Gasteiger partial charge in [0.15, 0.2) is 6.10 Å². The number of Topliss-reactive ketones (excluding diaryl/α,β-unsaturated/α-hetero) is 1. The maximum Gasteiger partial charge on any atom is 0.405 e. The maximum absolute atomic E-state index is 13.0. The van der Waals surface area contributed by atoms with Crippen LogP contribution in [0.5, 0.6) is 0 Å². The second-order valence-electron chi connectivity index (χ2n) is 8.67. The van der Waals surface area contributed by atoms with E-state index in [0.717, 1.165) is 11.6 Å². The number of fused-ring (bicyclic) bond motifs is 2. The molecule has 3 unspecified atom stereocenters. The Labute approximate surface area is 211 Å². The highest BCUT2D eigenvalue weighted by atomic mass is 16.6. The van der Waals surface area contributed by atoms with Crippen LogP contribution in [0.2, 0.25) is 0 Å². The van der Waals surface area contributed by atoms with Gasteiger partial charge >= 0.3 is 6.09 Å². The first-order valence-electron chi connectivity index (χ1n) is 11.7. The van der Waals surface area contributed by atoms with Crippen molar-refractivity contribution in [1.82, 2.24) is 5.32 Å². The second kappa shape index (κ2) is 13.6. The molecule has 0 saturated heterocycles. The SMILES string of the molecule is COC1CC/C=C(\C)C(OC(N)=O)C(OC)/C=C\C=C(/C)C(=O)NC2=CC(=O)C(N)=C(CCC1)C2=O. The lowest BCUT2D eigenvalue weighted by Gasteiger charge is -2.24. The van der Waals surface area contributed by atoms with Crippen LogP contribution in [0.4, 0.5) is 4.79 Å². The Morgan fingerprint density at radius 3 is 2.47 bits per heavy atom. The van der Waals surface area contributed by atoms with E-state index in [1.807, 2.05) is 13.0 Å². The van der Waals surface area contributed by atoms with Gasteiger partial charge in [-0.2, -0.15) is 0 Å². The molecule has 36 heavy (non-hydrogen) atoms. The first-order valence-corrected chi connectivity index (χ1v) is 11.7. The summed E-state index contributed by atoms with van der Waals surface area (Å²) < 4.78 is 16.4. The zero-order valence-electron chi connectivity index (χ0n) is 21.2. The van der Waals surface area contributed by atoms with E-state index in [0.29, 0.717) is 25.7 Å². The number of primary amides is 1. The van der Waals surface area contributed by atoms with Crippen LogP contribution in [-0.2, 0) is 28.6 Å². The summed E-state index contributed by atoms with van der Waals surface area (Å²) in [6.45, 7) is 3.37. The average Bonchev–Trinajstić information content (AvgIpc) is 2.83. The van der Waals surface area contributed by atoms with Crippen LogP contribution in [0.15, 0.2) is 58.5 Å². The minimum absolute atomic E-state index is 0.0993. The van der Waals surface area contributed by atoms with Crippen LogP contribution in [0, 0.1) is 0 Å². The van der Waals surface area contributed by atoms with Crippen molar-refractivity contribution in [3.8, 4) is 0 Å². The topological polar surface area (TPSA) is 160 Å². The van der Waals surface area contributed by atoms with Gasteiger partial charge in [0.1, 0.15) is 6.10 Å². The number of ether oxygens (including phenoxy) is 3. The monoisotopic (exact) mass is 501 g/mol. The van der Waals surface area contributed by atoms with E-state index in [1.165, 1.54) is 13.2 Å². The third kappa shape index (κ3) is 7.76. The number of methoxy groups -OCH3 is 2. The Morgan fingerprint density at radius 2 is 1.83 bits per heavy atom. The summed E-state index contributed by atoms with van der Waals surface area (Å²) in [5.74, 6) is -1.54. The molecule has 1 heterocycles. The number of carbonyl (C=O) groups is 4. The van der Waals surface area contributed by atoms with Gasteiger partial charge in [-0.05, 0) is 51.5 Å². The van der Waals surface area contributed by atoms with Crippen LogP contribution in [-0.4, -0.2) is 56.1 Å². The molecule has 3 atom stereocenters. The zero-order chi connectivity index (χ0) is 26.8. The molecule has 2 bridgehead atoms. The molecule has 0 fully saturated rings. The summed E-state index contributed by atoms with van der Waals surface area (Å²) in [5, 5.41) is 2.51. The first kappa shape index (κ1) is 28.7. The molecular weight excluding hydrogens is 466 g/mol. The van der Waals surface area contributed by atoms with Gasteiger partial charge in [0.05, 0.1) is 17.5 Å². The van der Waals surface area contributed by atoms with Crippen molar-refractivity contribution in [2.24, 2.45) is 11.5 Å². The molecule has 0 saturated carbocycles. The number of amides is 2. The lowest BCUT2D eigenvalue weighted by atomic mass is 9.92. The van der Waals surface area contributed by atoms with Crippen molar-refractivity contribution in [1.29, 1.82) is 0 Å². The van der Waals surface area contributed by atoms with E-state index in [-0.39, 0.29) is 35.1 Å². The van der Waals surface area contributed by atoms with Crippen molar-refractivity contribution >= 4 is 23.6 Å². The third-order valence-electron chi connectivity index (χ3n) is 6.14. The van der Waals surface area contributed by atoms with Gasteiger partial charge in [0, 0.05) is 31.4 Å². The predicted molar refractivity (Wildman–Crippen MR) is 133 cm³/mol. The molecule has 0 spiro atoms. The van der Waals surface area contributed by atoms with Gasteiger partial charge in [0.2, 0.25) is 11.6 Å². The first-order chi connectivity index (χ1) is 17.1. The van der Waals surface area contributed by atoms with Crippen molar-refractivity contribution in [2.45, 2.75) is 64.3 Å². The molecular formula is C26H35N3O7. The maximum atomic E-state index is 13.0. The van der Waals surface area contributed by atoms with Crippen LogP contribution >= 0.6 is 0 Å². The molecule has 5 N–H and O–H groups in total. The van der Waals surface area contributed by atoms with Crippen molar-refractivity contribution in [3.63, 3.8) is 0 Å². The molecule has 1 aliphatic heterocycles. The number of allylic oxidation sites excluding steroid dienone is 5. The molecule has 0 radical (unpaired) electrons. The summed E-state index contributed by atoms with van der Waals surface area (Å²) >= 11 is 0. The summed E-state index contributed by atoms with van der Waals surface area (Å²) in [6, 6.07) is 0. The number of carbonyl (C=O) groups excluding carboxylic acids is 4. The lowest BCUT2D eigenvalue weighted by molar-refractivity contribution is -0.120. The van der Waals surface area contributed by atoms with E-state index in [2.05, 4.69) is 5.32 Å². The number of nitrogens with one attached hydrogen (secondary N) is 1. The minimum atomic E-state index is -0.936. The Morgan fingerprint density at radius 1 is 1.11 bits per heavy atom. The Hall–Kier alpha value is -3.50. The smallest absolute Gasteiger partial charge is 0.405 e. The molecule has 196 valence electrons. The Kier molecular flexibility index (Phi) is 10.8. The largest absolute Gasteiger partial charge is 0.439 e. The molecule has 0 aromatic carbocycles. The zero-order valence-corrected chi connectivity index (χ0v) is 21.2. The number of nitrogens with two attached hydrogens (primary N) is 2. The van der Waals surface area contributed by atoms with E-state index >= 15 is 0 Å². The van der Waals surface area contributed by atoms with Crippen LogP contribution in [0.3, 0.4) is 0 Å². The Balaban J connectivity index is 2.42. The minimum Gasteiger partial charge on any atom is -0.439 e. The molecule has 1 aliphatic carbocycles. The van der Waals surface area contributed by atoms with Gasteiger partial charge in [-0.15, -0.1) is 0 Å². The molecule has 10 nitrogen and oxygen atoms in total. The second-order valence-corrected chi connectivity index (χ2v) is 8.67. The van der Waals surface area contributed by atoms with Crippen LogP contribution in [0.25, 0.3) is 0 Å². The standard InChI is InChI=1S/C26H35N3O7/c1-15-8-5-10-17(34-3)11-7-12-18-22(27)20(30)14-19(23(18)31)29-25(32)16(2)9-6-13-21(35-4)24(15)36-26(28)33/h6,8-9,13-14,17,21,24H,5,7,10-12,27H2,1-4H3,(H2,28,33)(H,29,32)/b13-6-,15-8+,16-9+. The van der Waals surface area contributed by atoms with Crippen molar-refractivity contribution in [2.75, 3.05) is 14.2 Å². The van der Waals surface area contributed by atoms with Gasteiger partial charge in [-0.1, -0.05) is 24.3 Å². The van der Waals surface area contributed by atoms with E-state index in [9.17, 15) is 19.2 Å². The summed E-state index contributed by atoms with van der Waals surface area (Å²) in [7, 11) is 3.07. The van der Waals surface area contributed by atoms with Gasteiger partial charge in [-0.25, -0.2) is 4.79 Å². The molecule has 0 aromatic rings. The number of hydrogen-bond donors (Lipinski definition) is 3. The highest BCUT2D eigenvalue weighted by Crippen LogP contribution is 2.23. The fourth-order valence-electron chi connectivity index (χ4n) is 4.00. The van der Waals surface area contributed by atoms with Gasteiger partial charge < -0.3 is 31.0 Å². The van der Waals surface area contributed by atoms with E-state index in [4.69, 9.17) is 25.7 Å². The fourth-order valence-corrected chi connectivity index (χ4v) is 4.00. The molecule has 2 aliphatic rings. The molecule has 10 heteroatoms. The quantitative estimate of drug-likeness (QED) is 0.392. The summed E-state index contributed by atoms with van der Waals surface area (Å²) in [4.78, 5) is 49.5. The normalized spacial score (nSPS) is 28.8. The van der Waals surface area contributed by atoms with Crippen LogP contribution < -0.4 is 16.8 Å². The number of ketones is 2. The molecule has 2 rings (SSSR count). The lowest BCUT2D eigenvalue weighted by Crippen LogP contribution is -2.34. The summed E-state index contributed by atoms with van der Waals surface area (Å²) in [5.41, 5.74) is 12.2. The number of hydrogen-bond acceptors (Lipinski definition) is 8. The fraction of sp³-hybridized carbons (Fsp3) is 0.462. The molecule has 0 aromatic heterocycles. The van der Waals surface area contributed by atoms with Crippen molar-refractivity contribution < 1.29 is 33.4 Å². The Bertz CT molecular complexity index is 1040.